The molecule has 0 unspecified atom stereocenters. The van der Waals surface area contributed by atoms with Crippen LogP contribution >= 0.6 is 0 Å². The lowest BCUT2D eigenvalue weighted by Gasteiger charge is -2.25. The van der Waals surface area contributed by atoms with Crippen LogP contribution in [0.4, 0.5) is 0 Å². The molecule has 11 aromatic rings. The fourth-order valence-electron chi connectivity index (χ4n) is 11.5. The maximum atomic E-state index is 4.97. The number of hydrogen-bond acceptors (Lipinski definition) is 3. The summed E-state index contributed by atoms with van der Waals surface area (Å²) in [4.78, 5) is 14.6. The van der Waals surface area contributed by atoms with Crippen LogP contribution in [0.25, 0.3) is 112 Å². The summed E-state index contributed by atoms with van der Waals surface area (Å²) < 4.78 is 0. The SMILES string of the molecule is CCCC(C)(C)c1ccc(-c2ccc(-c3ccccc3-c3cc(-c4ccccc4-c4ccc(-c5cc(C(C)(C)CCC)ccn5)cc4)cc(-c4ccccc4-c4ccc(-c5ccccn5)cc4-c4ccccc4)c3)cc2)nc1. The van der Waals surface area contributed by atoms with Gasteiger partial charge in [-0.05, 0) is 167 Å². The lowest BCUT2D eigenvalue weighted by Crippen LogP contribution is -2.16. The number of hydrogen-bond donors (Lipinski definition) is 0. The van der Waals surface area contributed by atoms with Gasteiger partial charge in [0.15, 0.2) is 0 Å². The Morgan fingerprint density at radius 3 is 1.22 bits per heavy atom. The van der Waals surface area contributed by atoms with Crippen LogP contribution < -0.4 is 0 Å². The summed E-state index contributed by atoms with van der Waals surface area (Å²) in [6, 6.07) is 84.2. The molecule has 3 heterocycles. The average Bonchev–Trinajstić information content (AvgIpc) is 3.61. The van der Waals surface area contributed by atoms with Gasteiger partial charge in [-0.15, -0.1) is 0 Å². The highest BCUT2D eigenvalue weighted by molar-refractivity contribution is 5.97. The first-order valence-corrected chi connectivity index (χ1v) is 27.8. The standard InChI is InChI=1S/C75H67N3/c1-7-42-74(3,4)61-41-45-77-73(50-61)56-35-31-54(32-36-56)64-23-13-15-25-66(64)59-46-58(65-24-14-12-22-63(65)53-29-33-55(34-30-53)72-40-38-62(51-78-72)75(5,6)43-8-2)47-60(48-59)67-26-16-17-27-68(67)69-39-37-57(71-28-18-19-44-76-71)49-70(69)52-20-10-9-11-21-52/h9-41,44-51H,7-8,42-43H2,1-6H3. The van der Waals surface area contributed by atoms with Gasteiger partial charge in [0.2, 0.25) is 0 Å². The predicted molar refractivity (Wildman–Crippen MR) is 330 cm³/mol. The van der Waals surface area contributed by atoms with Crippen LogP contribution in [0.1, 0.15) is 78.4 Å². The van der Waals surface area contributed by atoms with Gasteiger partial charge in [-0.25, -0.2) is 0 Å². The molecule has 0 saturated carbocycles. The van der Waals surface area contributed by atoms with Crippen molar-refractivity contribution >= 4 is 0 Å². The zero-order valence-electron chi connectivity index (χ0n) is 45.8. The first-order valence-electron chi connectivity index (χ1n) is 27.8. The van der Waals surface area contributed by atoms with E-state index in [0.29, 0.717) is 0 Å². The van der Waals surface area contributed by atoms with Gasteiger partial charge in [-0.2, -0.15) is 0 Å². The van der Waals surface area contributed by atoms with E-state index in [9.17, 15) is 0 Å². The summed E-state index contributed by atoms with van der Waals surface area (Å²) in [5, 5.41) is 0. The summed E-state index contributed by atoms with van der Waals surface area (Å²) in [6.45, 7) is 13.8. The first kappa shape index (κ1) is 51.3. The Kier molecular flexibility index (Phi) is 14.8. The van der Waals surface area contributed by atoms with Crippen LogP contribution in [-0.4, -0.2) is 15.0 Å². The molecule has 78 heavy (non-hydrogen) atoms. The number of nitrogens with zero attached hydrogens (tertiary/aromatic N) is 3. The first-order chi connectivity index (χ1) is 38.1. The van der Waals surface area contributed by atoms with Gasteiger partial charge in [-0.1, -0.05) is 230 Å². The number of pyridine rings is 3. The summed E-state index contributed by atoms with van der Waals surface area (Å²) in [6.07, 6.45) is 10.4. The summed E-state index contributed by atoms with van der Waals surface area (Å²) >= 11 is 0. The Bertz CT molecular complexity index is 3830. The third kappa shape index (κ3) is 10.8. The molecule has 8 aromatic carbocycles. The molecule has 0 spiro atoms. The van der Waals surface area contributed by atoms with Crippen LogP contribution in [0.2, 0.25) is 0 Å². The second-order valence-corrected chi connectivity index (χ2v) is 22.1. The van der Waals surface area contributed by atoms with Crippen LogP contribution in [-0.2, 0) is 10.8 Å². The fraction of sp³-hybridized carbons (Fsp3) is 0.160. The molecular formula is C75H67N3. The molecule has 3 heteroatoms. The van der Waals surface area contributed by atoms with E-state index in [-0.39, 0.29) is 10.8 Å². The lowest BCUT2D eigenvalue weighted by molar-refractivity contribution is 0.471. The Morgan fingerprint density at radius 2 is 0.692 bits per heavy atom. The minimum Gasteiger partial charge on any atom is -0.256 e. The third-order valence-electron chi connectivity index (χ3n) is 15.8. The molecule has 0 saturated heterocycles. The molecule has 0 aliphatic carbocycles. The minimum atomic E-state index is 0.0791. The lowest BCUT2D eigenvalue weighted by atomic mass is 9.80. The number of benzene rings is 8. The smallest absolute Gasteiger partial charge is 0.0704 e. The maximum Gasteiger partial charge on any atom is 0.0704 e. The van der Waals surface area contributed by atoms with Crippen molar-refractivity contribution < 1.29 is 0 Å². The molecule has 3 nitrogen and oxygen atoms in total. The zero-order valence-corrected chi connectivity index (χ0v) is 45.8. The summed E-state index contributed by atoms with van der Waals surface area (Å²) in [5.41, 5.74) is 25.1. The van der Waals surface area contributed by atoms with E-state index < -0.39 is 0 Å². The van der Waals surface area contributed by atoms with Crippen molar-refractivity contribution in [2.75, 3.05) is 0 Å². The number of rotatable bonds is 16. The molecule has 0 N–H and O–H groups in total. The molecule has 3 aromatic heterocycles. The van der Waals surface area contributed by atoms with Crippen LogP contribution in [0.15, 0.2) is 249 Å². The van der Waals surface area contributed by atoms with Gasteiger partial charge in [0, 0.05) is 35.3 Å². The van der Waals surface area contributed by atoms with Crippen molar-refractivity contribution in [3.63, 3.8) is 0 Å². The van der Waals surface area contributed by atoms with Gasteiger partial charge in [-0.3, -0.25) is 15.0 Å². The molecule has 382 valence electrons. The van der Waals surface area contributed by atoms with Gasteiger partial charge in [0.05, 0.1) is 17.1 Å². The van der Waals surface area contributed by atoms with Crippen molar-refractivity contribution in [3.8, 4) is 112 Å². The monoisotopic (exact) mass is 1010 g/mol. The topological polar surface area (TPSA) is 38.7 Å². The number of aromatic nitrogens is 3. The maximum absolute atomic E-state index is 4.97. The van der Waals surface area contributed by atoms with Gasteiger partial charge in [0.25, 0.3) is 0 Å². The van der Waals surface area contributed by atoms with Crippen molar-refractivity contribution in [3.05, 3.63) is 260 Å². The summed E-state index contributed by atoms with van der Waals surface area (Å²) in [7, 11) is 0. The highest BCUT2D eigenvalue weighted by Gasteiger charge is 2.23. The Morgan fingerprint density at radius 1 is 0.269 bits per heavy atom. The van der Waals surface area contributed by atoms with Crippen molar-refractivity contribution in [1.29, 1.82) is 0 Å². The van der Waals surface area contributed by atoms with E-state index in [1.54, 1.807) is 0 Å². The highest BCUT2D eigenvalue weighted by Crippen LogP contribution is 2.45. The van der Waals surface area contributed by atoms with Crippen molar-refractivity contribution in [2.24, 2.45) is 0 Å². The van der Waals surface area contributed by atoms with E-state index in [4.69, 9.17) is 15.0 Å². The van der Waals surface area contributed by atoms with Crippen LogP contribution in [0, 0.1) is 0 Å². The summed E-state index contributed by atoms with van der Waals surface area (Å²) in [5.74, 6) is 0. The normalized spacial score (nSPS) is 11.7. The molecular weight excluding hydrogens is 943 g/mol. The third-order valence-corrected chi connectivity index (χ3v) is 15.8. The quantitative estimate of drug-likeness (QED) is 0.0968. The van der Waals surface area contributed by atoms with E-state index in [1.165, 1.54) is 22.3 Å². The Balaban J connectivity index is 1.04. The van der Waals surface area contributed by atoms with Crippen molar-refractivity contribution in [1.82, 2.24) is 15.0 Å². The van der Waals surface area contributed by atoms with Crippen LogP contribution in [0.5, 0.6) is 0 Å². The van der Waals surface area contributed by atoms with Gasteiger partial charge in [0.1, 0.15) is 0 Å². The zero-order chi connectivity index (χ0) is 53.6. The molecule has 0 amide bonds. The van der Waals surface area contributed by atoms with E-state index in [1.807, 2.05) is 18.5 Å². The van der Waals surface area contributed by atoms with Crippen LogP contribution in [0.3, 0.4) is 0 Å². The van der Waals surface area contributed by atoms with Crippen molar-refractivity contribution in [2.45, 2.75) is 78.1 Å². The van der Waals surface area contributed by atoms with E-state index >= 15 is 0 Å². The molecule has 0 aliphatic rings. The Labute approximate surface area is 462 Å². The molecule has 0 atom stereocenters. The second-order valence-electron chi connectivity index (χ2n) is 22.1. The second kappa shape index (κ2) is 22.4. The average molecular weight is 1010 g/mol. The Hall–Kier alpha value is -8.79. The minimum absolute atomic E-state index is 0.0791. The van der Waals surface area contributed by atoms with Gasteiger partial charge < -0.3 is 0 Å². The predicted octanol–water partition coefficient (Wildman–Crippen LogP) is 20.7. The van der Waals surface area contributed by atoms with Gasteiger partial charge >= 0.3 is 0 Å². The fourth-order valence-corrected chi connectivity index (χ4v) is 11.5. The van der Waals surface area contributed by atoms with E-state index in [2.05, 4.69) is 272 Å². The largest absolute Gasteiger partial charge is 0.256 e. The molecule has 0 radical (unpaired) electrons. The molecule has 0 bridgehead atoms. The highest BCUT2D eigenvalue weighted by atomic mass is 14.7. The molecule has 11 rings (SSSR count). The molecule has 0 aliphatic heterocycles. The van der Waals surface area contributed by atoms with E-state index in [0.717, 1.165) is 126 Å². The molecule has 0 fully saturated rings.